The number of nitrogens with zero attached hydrogens (tertiary/aromatic N) is 1. The van der Waals surface area contributed by atoms with E-state index in [-0.39, 0.29) is 30.3 Å². The molecule has 0 rings (SSSR count). The van der Waals surface area contributed by atoms with Crippen molar-refractivity contribution < 1.29 is 43.2 Å². The van der Waals surface area contributed by atoms with Crippen molar-refractivity contribution in [1.82, 2.24) is 0 Å². The molecule has 0 spiro atoms. The molecule has 0 aliphatic carbocycles. The van der Waals surface area contributed by atoms with E-state index in [9.17, 15) is 34.2 Å². The highest BCUT2D eigenvalue weighted by Gasteiger charge is 2.48. The van der Waals surface area contributed by atoms with E-state index < -0.39 is 31.4 Å². The van der Waals surface area contributed by atoms with E-state index in [2.05, 4.69) is 11.4 Å². The highest BCUT2D eigenvalue weighted by Crippen LogP contribution is 2.36. The van der Waals surface area contributed by atoms with Crippen molar-refractivity contribution in [2.75, 3.05) is 27.7 Å². The number of hydrogen-bond acceptors (Lipinski definition) is 7. The molecule has 0 saturated heterocycles. The van der Waals surface area contributed by atoms with E-state index in [1.165, 1.54) is 64.2 Å². The summed E-state index contributed by atoms with van der Waals surface area (Å²) in [5, 5.41) is 22.3. The van der Waals surface area contributed by atoms with Crippen molar-refractivity contribution in [3.05, 3.63) is 0 Å². The van der Waals surface area contributed by atoms with Gasteiger partial charge in [-0.3, -0.25) is 9.36 Å². The summed E-state index contributed by atoms with van der Waals surface area (Å²) in [5.74, 6) is -0.968. The molecule has 0 bridgehead atoms. The predicted octanol–water partition coefficient (Wildman–Crippen LogP) is 4.83. The minimum absolute atomic E-state index is 0.131. The number of carbonyl (C=O) groups excluding carboxylic acids is 2. The number of aliphatic hydroxyl groups excluding tert-OH is 1. The molecule has 4 atom stereocenters. The van der Waals surface area contributed by atoms with Gasteiger partial charge in [0.05, 0.1) is 27.2 Å². The largest absolute Gasteiger partial charge is 0.756 e. The average Bonchev–Trinajstić information content (AvgIpc) is 2.84. The molecular weight excluding hydrogens is 521 g/mol. The Hall–Kier alpha value is -0.670. The maximum absolute atomic E-state index is 13.4. The predicted molar refractivity (Wildman–Crippen MR) is 153 cm³/mol. The first-order chi connectivity index (χ1) is 18.3. The molecule has 0 aromatic rings. The Morgan fingerprint density at radius 1 is 0.897 bits per heavy atom. The standard InChI is InChI=1S/C29H58NO8P/c1-5-6-7-8-9-10-11-12-13-14-15-16-17-19-22-27(32)29(34,23-20-18-21-24-31)28(33)26(25-30(2,3)4)38-39(35,36)37/h24,26-27,32,34H,5-23,25H2,1-4H3,(H-,35,36,37)/t26?,27?,29-/m0/s1. The molecule has 39 heavy (non-hydrogen) atoms. The van der Waals surface area contributed by atoms with Crippen molar-refractivity contribution >= 4 is 19.9 Å². The molecule has 10 heteroatoms. The molecule has 0 heterocycles. The number of carbonyl (C=O) groups is 2. The molecule has 0 amide bonds. The normalized spacial score (nSPS) is 16.8. The Bertz CT molecular complexity index is 693. The lowest BCUT2D eigenvalue weighted by Gasteiger charge is -2.37. The van der Waals surface area contributed by atoms with E-state index in [1.807, 2.05) is 0 Å². The second-order valence-electron chi connectivity index (χ2n) is 12.1. The van der Waals surface area contributed by atoms with Crippen LogP contribution >= 0.6 is 7.82 Å². The van der Waals surface area contributed by atoms with E-state index in [1.54, 1.807) is 21.1 Å². The summed E-state index contributed by atoms with van der Waals surface area (Å²) in [5.41, 5.74) is -2.24. The molecule has 0 fully saturated rings. The van der Waals surface area contributed by atoms with Crippen LogP contribution in [0.4, 0.5) is 0 Å². The van der Waals surface area contributed by atoms with Crippen molar-refractivity contribution in [1.29, 1.82) is 0 Å². The fourth-order valence-corrected chi connectivity index (χ4v) is 5.43. The van der Waals surface area contributed by atoms with Crippen LogP contribution in [-0.2, 0) is 18.7 Å². The summed E-state index contributed by atoms with van der Waals surface area (Å²) in [4.78, 5) is 44.8. The van der Waals surface area contributed by atoms with E-state index >= 15 is 0 Å². The maximum atomic E-state index is 13.4. The minimum Gasteiger partial charge on any atom is -0.756 e. The van der Waals surface area contributed by atoms with Gasteiger partial charge >= 0.3 is 0 Å². The molecule has 0 aromatic heterocycles. The third-order valence-corrected chi connectivity index (χ3v) is 7.73. The number of likely N-dealkylation sites (N-methyl/N-ethyl adjacent to an activating group) is 1. The van der Waals surface area contributed by atoms with Crippen LogP contribution in [0.25, 0.3) is 0 Å². The number of unbranched alkanes of at least 4 members (excludes halogenated alkanes) is 15. The zero-order valence-electron chi connectivity index (χ0n) is 25.2. The number of quaternary nitrogens is 1. The number of aldehydes is 1. The number of phosphoric acid groups is 1. The summed E-state index contributed by atoms with van der Waals surface area (Å²) in [6.45, 7) is 2.10. The monoisotopic (exact) mass is 579 g/mol. The van der Waals surface area contributed by atoms with Gasteiger partial charge in [0.15, 0.2) is 11.7 Å². The smallest absolute Gasteiger partial charge is 0.266 e. The molecule has 0 radical (unpaired) electrons. The number of rotatable bonds is 27. The topological polar surface area (TPSA) is 144 Å². The molecular formula is C29H58NO8P. The third-order valence-electron chi connectivity index (χ3n) is 7.21. The number of aliphatic hydroxyl groups is 2. The van der Waals surface area contributed by atoms with Gasteiger partial charge in [0.25, 0.3) is 7.82 Å². The van der Waals surface area contributed by atoms with Crippen molar-refractivity contribution in [2.45, 2.75) is 147 Å². The Morgan fingerprint density at radius 3 is 1.77 bits per heavy atom. The van der Waals surface area contributed by atoms with Gasteiger partial charge < -0.3 is 33.8 Å². The van der Waals surface area contributed by atoms with Crippen LogP contribution in [0.2, 0.25) is 0 Å². The zero-order valence-corrected chi connectivity index (χ0v) is 26.0. The number of hydrogen-bond donors (Lipinski definition) is 3. The maximum Gasteiger partial charge on any atom is 0.266 e. The summed E-state index contributed by atoms with van der Waals surface area (Å²) >= 11 is 0. The van der Waals surface area contributed by atoms with Crippen LogP contribution in [0.3, 0.4) is 0 Å². The van der Waals surface area contributed by atoms with Crippen LogP contribution in [0.1, 0.15) is 129 Å². The van der Waals surface area contributed by atoms with Crippen molar-refractivity contribution in [3.8, 4) is 0 Å². The fourth-order valence-electron chi connectivity index (χ4n) is 4.95. The highest BCUT2D eigenvalue weighted by molar-refractivity contribution is 7.44. The zero-order chi connectivity index (χ0) is 29.8. The van der Waals surface area contributed by atoms with Gasteiger partial charge in [-0.2, -0.15) is 0 Å². The Balaban J connectivity index is 4.75. The van der Waals surface area contributed by atoms with Crippen LogP contribution < -0.4 is 4.89 Å². The minimum atomic E-state index is -5.27. The van der Waals surface area contributed by atoms with E-state index in [4.69, 9.17) is 0 Å². The number of phosphoric ester groups is 1. The van der Waals surface area contributed by atoms with Gasteiger partial charge in [-0.05, 0) is 25.7 Å². The summed E-state index contributed by atoms with van der Waals surface area (Å²) < 4.78 is 16.3. The van der Waals surface area contributed by atoms with Gasteiger partial charge in [0, 0.05) is 6.42 Å². The van der Waals surface area contributed by atoms with Crippen molar-refractivity contribution in [3.63, 3.8) is 0 Å². The quantitative estimate of drug-likeness (QED) is 0.0543. The highest BCUT2D eigenvalue weighted by atomic mass is 31.2. The first-order valence-electron chi connectivity index (χ1n) is 15.2. The Morgan fingerprint density at radius 2 is 1.36 bits per heavy atom. The van der Waals surface area contributed by atoms with Crippen LogP contribution in [0, 0.1) is 0 Å². The molecule has 0 saturated carbocycles. The average molecular weight is 580 g/mol. The molecule has 3 N–H and O–H groups in total. The molecule has 9 nitrogen and oxygen atoms in total. The van der Waals surface area contributed by atoms with E-state index in [0.29, 0.717) is 19.3 Å². The molecule has 232 valence electrons. The molecule has 0 aliphatic rings. The van der Waals surface area contributed by atoms with Gasteiger partial charge in [-0.25, -0.2) is 0 Å². The van der Waals surface area contributed by atoms with Gasteiger partial charge in [-0.15, -0.1) is 0 Å². The molecule has 3 unspecified atom stereocenters. The Kier molecular flexibility index (Phi) is 20.7. The Labute approximate surface area is 237 Å². The lowest BCUT2D eigenvalue weighted by atomic mass is 9.81. The second kappa shape index (κ2) is 21.1. The van der Waals surface area contributed by atoms with E-state index in [0.717, 1.165) is 25.5 Å². The summed E-state index contributed by atoms with van der Waals surface area (Å²) in [6.07, 6.45) is 15.2. The van der Waals surface area contributed by atoms with Crippen LogP contribution in [0.5, 0.6) is 0 Å². The molecule has 0 aromatic carbocycles. The van der Waals surface area contributed by atoms with Crippen LogP contribution in [-0.4, -0.2) is 77.2 Å². The van der Waals surface area contributed by atoms with Gasteiger partial charge in [-0.1, -0.05) is 96.8 Å². The second-order valence-corrected chi connectivity index (χ2v) is 13.3. The first-order valence-corrected chi connectivity index (χ1v) is 16.7. The van der Waals surface area contributed by atoms with Crippen LogP contribution in [0.15, 0.2) is 0 Å². The lowest BCUT2D eigenvalue weighted by molar-refractivity contribution is -0.872. The number of ketones is 1. The van der Waals surface area contributed by atoms with Gasteiger partial charge in [0.2, 0.25) is 5.78 Å². The first kappa shape index (κ1) is 38.3. The molecule has 0 aliphatic heterocycles. The fraction of sp³-hybridized carbons (Fsp3) is 0.931. The third kappa shape index (κ3) is 19.9. The number of Topliss-reactive ketones (excluding diaryl/α,β-unsaturated/α-hetero) is 1. The summed E-state index contributed by atoms with van der Waals surface area (Å²) in [7, 11) is -0.131. The van der Waals surface area contributed by atoms with Crippen molar-refractivity contribution in [2.24, 2.45) is 0 Å². The SMILES string of the molecule is CCCCCCCCCCCCCCCCC(O)[C@@](O)(CCCCC=O)C(=O)C(C[N+](C)(C)C)OP(=O)([O-])O. The lowest BCUT2D eigenvalue weighted by Crippen LogP contribution is -2.57. The summed E-state index contributed by atoms with van der Waals surface area (Å²) in [6, 6.07) is 0. The van der Waals surface area contributed by atoms with Gasteiger partial charge in [0.1, 0.15) is 12.8 Å².